The summed E-state index contributed by atoms with van der Waals surface area (Å²) >= 11 is 7.20. The molecule has 0 fully saturated rings. The Kier molecular flexibility index (Phi) is 10.3. The number of thiazole rings is 1. The van der Waals surface area contributed by atoms with E-state index in [1.165, 1.54) is 11.3 Å². The quantitative estimate of drug-likeness (QED) is 0.214. The van der Waals surface area contributed by atoms with Gasteiger partial charge in [-0.15, -0.1) is 11.3 Å². The zero-order chi connectivity index (χ0) is 22.6. The highest BCUT2D eigenvalue weighted by molar-refractivity contribution is 7.15. The fourth-order valence-electron chi connectivity index (χ4n) is 2.61. The number of nitriles is 1. The van der Waals surface area contributed by atoms with E-state index >= 15 is 0 Å². The number of ether oxygens (including phenoxy) is 3. The van der Waals surface area contributed by atoms with Crippen LogP contribution in [-0.4, -0.2) is 30.8 Å². The first-order chi connectivity index (χ1) is 14.9. The van der Waals surface area contributed by atoms with Crippen LogP contribution in [0.25, 0.3) is 0 Å². The molecule has 0 amide bonds. The molecule has 0 unspecified atom stereocenters. The number of halogens is 1. The van der Waals surface area contributed by atoms with Crippen molar-refractivity contribution in [2.75, 3.05) is 19.8 Å². The molecule has 166 valence electrons. The van der Waals surface area contributed by atoms with E-state index in [2.05, 4.69) is 10.3 Å². The van der Waals surface area contributed by atoms with E-state index in [0.29, 0.717) is 36.5 Å². The molecule has 1 aromatic heterocycles. The third kappa shape index (κ3) is 8.21. The molecule has 0 radical (unpaired) electrons. The van der Waals surface area contributed by atoms with Crippen LogP contribution in [0.3, 0.4) is 0 Å². The predicted octanol–water partition coefficient (Wildman–Crippen LogP) is 4.48. The molecule has 1 heterocycles. The summed E-state index contributed by atoms with van der Waals surface area (Å²) in [5.41, 5.74) is 1.51. The number of aromatic nitrogens is 1. The van der Waals surface area contributed by atoms with E-state index in [9.17, 15) is 10.1 Å². The SMILES string of the molecule is CCOCCOC(=O)/C(C#N)=C(\NCc1ccc(OCc2cnc(Cl)s2)cc1)C(C)C. The molecule has 1 N–H and O–H groups in total. The van der Waals surface area contributed by atoms with Gasteiger partial charge in [0.05, 0.1) is 11.5 Å². The summed E-state index contributed by atoms with van der Waals surface area (Å²) < 4.78 is 16.5. The first-order valence-electron chi connectivity index (χ1n) is 9.89. The lowest BCUT2D eigenvalue weighted by atomic mass is 10.0. The minimum atomic E-state index is -0.648. The Labute approximate surface area is 191 Å². The normalized spacial score (nSPS) is 11.6. The summed E-state index contributed by atoms with van der Waals surface area (Å²) in [4.78, 5) is 17.2. The summed E-state index contributed by atoms with van der Waals surface area (Å²) in [5.74, 6) is 0.0248. The number of hydrogen-bond acceptors (Lipinski definition) is 8. The predicted molar refractivity (Wildman–Crippen MR) is 120 cm³/mol. The maximum absolute atomic E-state index is 12.3. The van der Waals surface area contributed by atoms with Crippen molar-refractivity contribution in [1.82, 2.24) is 10.3 Å². The van der Waals surface area contributed by atoms with Gasteiger partial charge in [-0.1, -0.05) is 37.6 Å². The minimum Gasteiger partial charge on any atom is -0.488 e. The van der Waals surface area contributed by atoms with Gasteiger partial charge < -0.3 is 19.5 Å². The van der Waals surface area contributed by atoms with Gasteiger partial charge in [-0.2, -0.15) is 5.26 Å². The highest BCUT2D eigenvalue weighted by atomic mass is 35.5. The number of benzene rings is 1. The first kappa shape index (κ1) is 24.7. The standard InChI is InChI=1S/C22H26ClN3O4S/c1-4-28-9-10-29-21(27)19(11-24)20(15(2)3)25-12-16-5-7-17(8-6-16)30-14-18-13-26-22(23)31-18/h5-8,13,15,25H,4,9-10,12,14H2,1-3H3/b20-19-. The number of rotatable bonds is 12. The lowest BCUT2D eigenvalue weighted by molar-refractivity contribution is -0.140. The Morgan fingerprint density at radius 3 is 2.61 bits per heavy atom. The molecule has 1 aromatic carbocycles. The molecule has 0 aliphatic carbocycles. The molecule has 0 atom stereocenters. The van der Waals surface area contributed by atoms with E-state index in [1.54, 1.807) is 6.20 Å². The van der Waals surface area contributed by atoms with Crippen LogP contribution in [0.5, 0.6) is 5.75 Å². The minimum absolute atomic E-state index is 0.0188. The number of nitrogens with one attached hydrogen (secondary N) is 1. The summed E-state index contributed by atoms with van der Waals surface area (Å²) in [5, 5.41) is 12.7. The molecular formula is C22H26ClN3O4S. The maximum Gasteiger partial charge on any atom is 0.350 e. The fraction of sp³-hybridized carbons (Fsp3) is 0.409. The van der Waals surface area contributed by atoms with Crippen molar-refractivity contribution in [3.63, 3.8) is 0 Å². The molecule has 31 heavy (non-hydrogen) atoms. The number of carbonyl (C=O) groups is 1. The molecule has 0 spiro atoms. The smallest absolute Gasteiger partial charge is 0.350 e. The van der Waals surface area contributed by atoms with Crippen molar-refractivity contribution >= 4 is 28.9 Å². The van der Waals surface area contributed by atoms with Crippen molar-refractivity contribution in [2.45, 2.75) is 33.9 Å². The third-order valence-electron chi connectivity index (χ3n) is 4.14. The molecule has 0 saturated heterocycles. The Balaban J connectivity index is 1.95. The Morgan fingerprint density at radius 1 is 1.29 bits per heavy atom. The molecule has 2 rings (SSSR count). The van der Waals surface area contributed by atoms with Gasteiger partial charge in [-0.25, -0.2) is 9.78 Å². The lowest BCUT2D eigenvalue weighted by Crippen LogP contribution is -2.23. The fourth-order valence-corrected chi connectivity index (χ4v) is 3.50. The average Bonchev–Trinajstić information content (AvgIpc) is 3.18. The molecule has 0 aliphatic heterocycles. The van der Waals surface area contributed by atoms with Gasteiger partial charge >= 0.3 is 5.97 Å². The van der Waals surface area contributed by atoms with Crippen LogP contribution >= 0.6 is 22.9 Å². The monoisotopic (exact) mass is 463 g/mol. The zero-order valence-electron chi connectivity index (χ0n) is 17.8. The zero-order valence-corrected chi connectivity index (χ0v) is 19.4. The molecule has 7 nitrogen and oxygen atoms in total. The highest BCUT2D eigenvalue weighted by Gasteiger charge is 2.19. The second-order valence-electron chi connectivity index (χ2n) is 6.75. The largest absolute Gasteiger partial charge is 0.488 e. The van der Waals surface area contributed by atoms with Crippen molar-refractivity contribution in [3.05, 3.63) is 56.6 Å². The van der Waals surface area contributed by atoms with Crippen LogP contribution in [-0.2, 0) is 27.4 Å². The Morgan fingerprint density at radius 2 is 2.03 bits per heavy atom. The summed E-state index contributed by atoms with van der Waals surface area (Å²) in [6, 6.07) is 9.55. The van der Waals surface area contributed by atoms with Gasteiger partial charge in [-0.05, 0) is 30.5 Å². The molecule has 0 saturated carbocycles. The van der Waals surface area contributed by atoms with Crippen molar-refractivity contribution < 1.29 is 19.0 Å². The molecule has 0 aliphatic rings. The van der Waals surface area contributed by atoms with Crippen LogP contribution < -0.4 is 10.1 Å². The van der Waals surface area contributed by atoms with Gasteiger partial charge in [0.2, 0.25) is 0 Å². The van der Waals surface area contributed by atoms with Crippen LogP contribution in [0, 0.1) is 17.2 Å². The van der Waals surface area contributed by atoms with Gasteiger partial charge in [0, 0.05) is 25.0 Å². The van der Waals surface area contributed by atoms with Crippen LogP contribution in [0.2, 0.25) is 4.47 Å². The average molecular weight is 464 g/mol. The highest BCUT2D eigenvalue weighted by Crippen LogP contribution is 2.21. The van der Waals surface area contributed by atoms with Gasteiger partial charge in [-0.3, -0.25) is 0 Å². The van der Waals surface area contributed by atoms with Crippen molar-refractivity contribution in [1.29, 1.82) is 5.26 Å². The van der Waals surface area contributed by atoms with E-state index in [-0.39, 0.29) is 18.1 Å². The first-order valence-corrected chi connectivity index (χ1v) is 11.1. The van der Waals surface area contributed by atoms with Gasteiger partial charge in [0.15, 0.2) is 10.0 Å². The Bertz CT molecular complexity index is 920. The number of esters is 1. The number of nitrogens with zero attached hydrogens (tertiary/aromatic N) is 2. The van der Waals surface area contributed by atoms with Crippen molar-refractivity contribution in [3.8, 4) is 11.8 Å². The van der Waals surface area contributed by atoms with E-state index in [0.717, 1.165) is 16.2 Å². The third-order valence-corrected chi connectivity index (χ3v) is 5.23. The number of carbonyl (C=O) groups excluding carboxylic acids is 1. The summed E-state index contributed by atoms with van der Waals surface area (Å²) in [7, 11) is 0. The van der Waals surface area contributed by atoms with Gasteiger partial charge in [0.1, 0.15) is 25.0 Å². The van der Waals surface area contributed by atoms with E-state index in [4.69, 9.17) is 25.8 Å². The maximum atomic E-state index is 12.3. The summed E-state index contributed by atoms with van der Waals surface area (Å²) in [6.45, 7) is 7.49. The molecule has 0 bridgehead atoms. The van der Waals surface area contributed by atoms with E-state index in [1.807, 2.05) is 51.1 Å². The second kappa shape index (κ2) is 13.0. The number of allylic oxidation sites excluding steroid dienone is 1. The second-order valence-corrected chi connectivity index (χ2v) is 8.45. The molecule has 9 heteroatoms. The molecule has 2 aromatic rings. The molecular weight excluding hydrogens is 438 g/mol. The van der Waals surface area contributed by atoms with Crippen LogP contribution in [0.4, 0.5) is 0 Å². The van der Waals surface area contributed by atoms with Crippen LogP contribution in [0.1, 0.15) is 31.2 Å². The van der Waals surface area contributed by atoms with E-state index < -0.39 is 5.97 Å². The van der Waals surface area contributed by atoms with Gasteiger partial charge in [0.25, 0.3) is 0 Å². The van der Waals surface area contributed by atoms with Crippen LogP contribution in [0.15, 0.2) is 41.7 Å². The lowest BCUT2D eigenvalue weighted by Gasteiger charge is -2.17. The topological polar surface area (TPSA) is 93.5 Å². The Hall–Kier alpha value is -2.60. The van der Waals surface area contributed by atoms with Crippen molar-refractivity contribution in [2.24, 2.45) is 5.92 Å². The number of hydrogen-bond donors (Lipinski definition) is 1. The summed E-state index contributed by atoms with van der Waals surface area (Å²) in [6.07, 6.45) is 1.69.